The summed E-state index contributed by atoms with van der Waals surface area (Å²) in [5.74, 6) is 0.904. The number of benzene rings is 1. The molecule has 0 fully saturated rings. The molecule has 1 aromatic heterocycles. The highest BCUT2D eigenvalue weighted by atomic mass is 16.5. The quantitative estimate of drug-likeness (QED) is 0.886. The highest BCUT2D eigenvalue weighted by molar-refractivity contribution is 5.38. The Morgan fingerprint density at radius 1 is 1.19 bits per heavy atom. The molecule has 1 aromatic carbocycles. The molecule has 2 rings (SSSR count). The van der Waals surface area contributed by atoms with Gasteiger partial charge in [0.2, 0.25) is 0 Å². The molecular weight excluding hydrogens is 262 g/mol. The van der Waals surface area contributed by atoms with E-state index in [0.717, 1.165) is 30.0 Å². The van der Waals surface area contributed by atoms with E-state index in [4.69, 9.17) is 10.5 Å². The molecule has 0 radical (unpaired) electrons. The summed E-state index contributed by atoms with van der Waals surface area (Å²) in [6, 6.07) is 10.2. The number of hydrogen-bond acceptors (Lipinski definition) is 4. The second-order valence-electron chi connectivity index (χ2n) is 5.39. The van der Waals surface area contributed by atoms with Gasteiger partial charge >= 0.3 is 0 Å². The first-order valence-electron chi connectivity index (χ1n) is 7.10. The first kappa shape index (κ1) is 15.5. The van der Waals surface area contributed by atoms with Gasteiger partial charge < -0.3 is 10.5 Å². The largest absolute Gasteiger partial charge is 0.496 e. The Morgan fingerprint density at radius 2 is 1.90 bits per heavy atom. The van der Waals surface area contributed by atoms with E-state index in [2.05, 4.69) is 23.0 Å². The molecule has 2 N–H and O–H groups in total. The van der Waals surface area contributed by atoms with Crippen LogP contribution in [0.15, 0.2) is 42.7 Å². The number of methoxy groups -OCH3 is 1. The van der Waals surface area contributed by atoms with Crippen LogP contribution in [-0.2, 0) is 13.1 Å². The molecule has 1 atom stereocenters. The first-order valence-corrected chi connectivity index (χ1v) is 7.10. The summed E-state index contributed by atoms with van der Waals surface area (Å²) in [6.45, 7) is 3.67. The fraction of sp³-hybridized carbons (Fsp3) is 0.353. The lowest BCUT2D eigenvalue weighted by Gasteiger charge is -2.19. The van der Waals surface area contributed by atoms with E-state index in [0.29, 0.717) is 0 Å². The predicted molar refractivity (Wildman–Crippen MR) is 85.0 cm³/mol. The van der Waals surface area contributed by atoms with Crippen LogP contribution >= 0.6 is 0 Å². The monoisotopic (exact) mass is 285 g/mol. The van der Waals surface area contributed by atoms with Crippen LogP contribution in [0, 0.1) is 0 Å². The predicted octanol–water partition coefficient (Wildman–Crippen LogP) is 2.74. The fourth-order valence-corrected chi connectivity index (χ4v) is 2.35. The van der Waals surface area contributed by atoms with Crippen molar-refractivity contribution in [2.75, 3.05) is 14.2 Å². The van der Waals surface area contributed by atoms with Crippen molar-refractivity contribution in [2.24, 2.45) is 5.73 Å². The van der Waals surface area contributed by atoms with Gasteiger partial charge in [-0.25, -0.2) is 0 Å². The van der Waals surface area contributed by atoms with E-state index >= 15 is 0 Å². The molecule has 0 bridgehead atoms. The zero-order valence-electron chi connectivity index (χ0n) is 12.9. The minimum atomic E-state index is 0.0279. The zero-order valence-corrected chi connectivity index (χ0v) is 12.9. The Kier molecular flexibility index (Phi) is 5.31. The Morgan fingerprint density at radius 3 is 2.52 bits per heavy atom. The highest BCUT2D eigenvalue weighted by Gasteiger charge is 2.10. The maximum absolute atomic E-state index is 5.97. The molecule has 21 heavy (non-hydrogen) atoms. The van der Waals surface area contributed by atoms with Crippen molar-refractivity contribution in [3.05, 3.63) is 59.4 Å². The molecule has 2 aromatic rings. The van der Waals surface area contributed by atoms with Gasteiger partial charge in [0.05, 0.1) is 7.11 Å². The normalized spacial score (nSPS) is 12.4. The summed E-state index contributed by atoms with van der Waals surface area (Å²) in [6.07, 6.45) is 3.64. The van der Waals surface area contributed by atoms with Crippen molar-refractivity contribution >= 4 is 0 Å². The number of nitrogens with zero attached hydrogens (tertiary/aromatic N) is 2. The van der Waals surface area contributed by atoms with E-state index in [1.54, 1.807) is 7.11 Å². The summed E-state index contributed by atoms with van der Waals surface area (Å²) >= 11 is 0. The highest BCUT2D eigenvalue weighted by Crippen LogP contribution is 2.24. The second-order valence-corrected chi connectivity index (χ2v) is 5.39. The van der Waals surface area contributed by atoms with Crippen LogP contribution in [0.25, 0.3) is 0 Å². The Bertz CT molecular complexity index is 570. The summed E-state index contributed by atoms with van der Waals surface area (Å²) < 4.78 is 5.45. The van der Waals surface area contributed by atoms with Crippen molar-refractivity contribution in [2.45, 2.75) is 26.1 Å². The van der Waals surface area contributed by atoms with Gasteiger partial charge in [0.1, 0.15) is 5.75 Å². The van der Waals surface area contributed by atoms with Crippen molar-refractivity contribution < 1.29 is 4.74 Å². The van der Waals surface area contributed by atoms with E-state index in [9.17, 15) is 0 Å². The van der Waals surface area contributed by atoms with Crippen molar-refractivity contribution in [1.29, 1.82) is 0 Å². The van der Waals surface area contributed by atoms with Gasteiger partial charge in [0, 0.05) is 37.1 Å². The molecule has 4 heteroatoms. The Labute approximate surface area is 126 Å². The molecule has 112 valence electrons. The Hall–Kier alpha value is -1.91. The lowest BCUT2D eigenvalue weighted by Crippen LogP contribution is -2.18. The van der Waals surface area contributed by atoms with E-state index in [-0.39, 0.29) is 6.04 Å². The number of pyridine rings is 1. The van der Waals surface area contributed by atoms with Crippen LogP contribution in [0.2, 0.25) is 0 Å². The molecule has 1 unspecified atom stereocenters. The van der Waals surface area contributed by atoms with Crippen molar-refractivity contribution in [1.82, 2.24) is 9.88 Å². The zero-order chi connectivity index (χ0) is 15.2. The van der Waals surface area contributed by atoms with Crippen molar-refractivity contribution in [3.8, 4) is 5.75 Å². The minimum absolute atomic E-state index is 0.0279. The average molecular weight is 285 g/mol. The first-order chi connectivity index (χ1) is 10.1. The maximum atomic E-state index is 5.97. The van der Waals surface area contributed by atoms with Crippen LogP contribution in [0.1, 0.15) is 29.7 Å². The topological polar surface area (TPSA) is 51.4 Å². The fourth-order valence-electron chi connectivity index (χ4n) is 2.35. The lowest BCUT2D eigenvalue weighted by atomic mass is 10.0. The molecule has 0 aliphatic heterocycles. The summed E-state index contributed by atoms with van der Waals surface area (Å²) in [7, 11) is 3.80. The molecule has 0 amide bonds. The van der Waals surface area contributed by atoms with Gasteiger partial charge in [0.15, 0.2) is 0 Å². The molecule has 4 nitrogen and oxygen atoms in total. The van der Waals surface area contributed by atoms with Crippen LogP contribution in [0.4, 0.5) is 0 Å². The summed E-state index contributed by atoms with van der Waals surface area (Å²) in [4.78, 5) is 6.29. The van der Waals surface area contributed by atoms with E-state index < -0.39 is 0 Å². The van der Waals surface area contributed by atoms with Gasteiger partial charge in [-0.05, 0) is 49.4 Å². The summed E-state index contributed by atoms with van der Waals surface area (Å²) in [5.41, 5.74) is 9.50. The van der Waals surface area contributed by atoms with Crippen LogP contribution in [0.5, 0.6) is 5.75 Å². The van der Waals surface area contributed by atoms with E-state index in [1.807, 2.05) is 43.6 Å². The smallest absolute Gasteiger partial charge is 0.123 e. The average Bonchev–Trinajstić information content (AvgIpc) is 2.48. The Balaban J connectivity index is 2.12. The molecule has 0 aliphatic carbocycles. The number of hydrogen-bond donors (Lipinski definition) is 1. The molecule has 0 saturated carbocycles. The van der Waals surface area contributed by atoms with Crippen LogP contribution in [0.3, 0.4) is 0 Å². The number of ether oxygens (including phenoxy) is 1. The van der Waals surface area contributed by atoms with Gasteiger partial charge in [-0.2, -0.15) is 0 Å². The van der Waals surface area contributed by atoms with Gasteiger partial charge in [-0.1, -0.05) is 6.07 Å². The number of aromatic nitrogens is 1. The molecule has 0 saturated heterocycles. The molecule has 1 heterocycles. The van der Waals surface area contributed by atoms with Crippen LogP contribution in [-0.4, -0.2) is 24.0 Å². The lowest BCUT2D eigenvalue weighted by molar-refractivity contribution is 0.310. The maximum Gasteiger partial charge on any atom is 0.123 e. The minimum Gasteiger partial charge on any atom is -0.496 e. The van der Waals surface area contributed by atoms with Crippen LogP contribution < -0.4 is 10.5 Å². The third-order valence-corrected chi connectivity index (χ3v) is 3.47. The van der Waals surface area contributed by atoms with Gasteiger partial charge in [-0.3, -0.25) is 9.88 Å². The molecule has 0 aliphatic rings. The SMILES string of the molecule is COc1ccc(C(C)N)cc1CN(C)Cc1ccncc1. The number of rotatable bonds is 6. The van der Waals surface area contributed by atoms with Gasteiger partial charge in [-0.15, -0.1) is 0 Å². The standard InChI is InChI=1S/C17H23N3O/c1-13(18)15-4-5-17(21-3)16(10-15)12-20(2)11-14-6-8-19-9-7-14/h4-10,13H,11-12,18H2,1-3H3. The third kappa shape index (κ3) is 4.28. The van der Waals surface area contributed by atoms with E-state index in [1.165, 1.54) is 5.56 Å². The molecule has 0 spiro atoms. The number of nitrogens with two attached hydrogens (primary N) is 1. The second kappa shape index (κ2) is 7.20. The molecular formula is C17H23N3O. The van der Waals surface area contributed by atoms with Crippen molar-refractivity contribution in [3.63, 3.8) is 0 Å². The third-order valence-electron chi connectivity index (χ3n) is 3.47. The van der Waals surface area contributed by atoms with Gasteiger partial charge in [0.25, 0.3) is 0 Å². The summed E-state index contributed by atoms with van der Waals surface area (Å²) in [5, 5.41) is 0.